The predicted molar refractivity (Wildman–Crippen MR) is 95.2 cm³/mol. The van der Waals surface area contributed by atoms with Crippen molar-refractivity contribution in [1.82, 2.24) is 25.1 Å². The highest BCUT2D eigenvalue weighted by Crippen LogP contribution is 2.15. The first-order valence-electron chi connectivity index (χ1n) is 9.05. The number of fused-ring (bicyclic) bond motifs is 1. The average Bonchev–Trinajstić information content (AvgIpc) is 2.89. The van der Waals surface area contributed by atoms with Gasteiger partial charge in [0.15, 0.2) is 0 Å². The molecular weight excluding hydrogens is 334 g/mol. The lowest BCUT2D eigenvalue weighted by molar-refractivity contribution is 0.0944. The highest BCUT2D eigenvalue weighted by Gasteiger charge is 2.16. The first-order valence-corrected chi connectivity index (χ1v) is 9.05. The van der Waals surface area contributed by atoms with Crippen molar-refractivity contribution in [3.63, 3.8) is 0 Å². The van der Waals surface area contributed by atoms with Crippen LogP contribution in [0.2, 0.25) is 0 Å². The average molecular weight is 359 g/mol. The number of amides is 1. The van der Waals surface area contributed by atoms with Gasteiger partial charge in [0, 0.05) is 39.2 Å². The zero-order valence-corrected chi connectivity index (χ0v) is 15.1. The topological polar surface area (TPSA) is 91.2 Å². The molecule has 0 saturated carbocycles. The van der Waals surface area contributed by atoms with Crippen molar-refractivity contribution >= 4 is 5.91 Å². The summed E-state index contributed by atoms with van der Waals surface area (Å²) in [6.07, 6.45) is 6.79. The van der Waals surface area contributed by atoms with Crippen molar-refractivity contribution < 1.29 is 14.3 Å². The molecule has 26 heavy (non-hydrogen) atoms. The Hall–Kier alpha value is -2.48. The Morgan fingerprint density at radius 2 is 2.19 bits per heavy atom. The molecule has 0 fully saturated rings. The van der Waals surface area contributed by atoms with E-state index >= 15 is 0 Å². The van der Waals surface area contributed by atoms with Crippen molar-refractivity contribution in [3.05, 3.63) is 35.5 Å². The normalized spacial score (nSPS) is 13.7. The summed E-state index contributed by atoms with van der Waals surface area (Å²) in [5.41, 5.74) is 0.420. The lowest BCUT2D eigenvalue weighted by Gasteiger charge is -2.11. The molecule has 8 heteroatoms. The molecule has 0 atom stereocenters. The molecule has 0 bridgehead atoms. The summed E-state index contributed by atoms with van der Waals surface area (Å²) in [5.74, 6) is 2.11. The Bertz CT molecular complexity index is 731. The minimum absolute atomic E-state index is 0.207. The van der Waals surface area contributed by atoms with Gasteiger partial charge in [-0.2, -0.15) is 0 Å². The van der Waals surface area contributed by atoms with Gasteiger partial charge in [-0.1, -0.05) is 6.42 Å². The van der Waals surface area contributed by atoms with Crippen LogP contribution >= 0.6 is 0 Å². The van der Waals surface area contributed by atoms with Crippen LogP contribution in [0.15, 0.2) is 18.3 Å². The SMILES string of the molecule is COCCOc1ncccc1C(=O)NCCc1nnc2n1CCCCC2. The molecule has 1 amide bonds. The molecule has 1 aliphatic heterocycles. The number of aromatic nitrogens is 4. The van der Waals surface area contributed by atoms with Crippen molar-refractivity contribution in [1.29, 1.82) is 0 Å². The number of aryl methyl sites for hydroxylation is 1. The van der Waals surface area contributed by atoms with Crippen LogP contribution < -0.4 is 10.1 Å². The standard InChI is InChI=1S/C18H25N5O3/c1-25-12-13-26-18-14(6-5-9-20-18)17(24)19-10-8-16-22-21-15-7-3-2-4-11-23(15)16/h5-6,9H,2-4,7-8,10-13H2,1H3,(H,19,24). The molecular formula is C18H25N5O3. The Morgan fingerprint density at radius 1 is 1.27 bits per heavy atom. The molecule has 0 saturated heterocycles. The summed E-state index contributed by atoms with van der Waals surface area (Å²) >= 11 is 0. The van der Waals surface area contributed by atoms with E-state index in [1.54, 1.807) is 25.4 Å². The number of carbonyl (C=O) groups excluding carboxylic acids is 1. The zero-order chi connectivity index (χ0) is 18.2. The molecule has 2 aromatic heterocycles. The van der Waals surface area contributed by atoms with Crippen molar-refractivity contribution in [2.45, 2.75) is 38.6 Å². The smallest absolute Gasteiger partial charge is 0.256 e. The molecule has 3 rings (SSSR count). The zero-order valence-electron chi connectivity index (χ0n) is 15.1. The molecule has 0 aromatic carbocycles. The molecule has 8 nitrogen and oxygen atoms in total. The van der Waals surface area contributed by atoms with Crippen molar-refractivity contribution in [2.75, 3.05) is 26.9 Å². The first kappa shape index (κ1) is 18.3. The number of rotatable bonds is 8. The van der Waals surface area contributed by atoms with E-state index in [4.69, 9.17) is 9.47 Å². The third-order valence-electron chi connectivity index (χ3n) is 4.36. The minimum atomic E-state index is -0.207. The Labute approximate surface area is 152 Å². The van der Waals surface area contributed by atoms with Gasteiger partial charge in [0.05, 0.1) is 6.61 Å². The fraction of sp³-hybridized carbons (Fsp3) is 0.556. The second-order valence-electron chi connectivity index (χ2n) is 6.20. The Kier molecular flexibility index (Phi) is 6.54. The number of nitrogens with one attached hydrogen (secondary N) is 1. The maximum absolute atomic E-state index is 12.5. The van der Waals surface area contributed by atoms with Gasteiger partial charge in [-0.25, -0.2) is 4.98 Å². The van der Waals surface area contributed by atoms with Crippen LogP contribution in [0.5, 0.6) is 5.88 Å². The van der Waals surface area contributed by atoms with Gasteiger partial charge in [0.1, 0.15) is 23.8 Å². The largest absolute Gasteiger partial charge is 0.475 e. The molecule has 1 aliphatic rings. The van der Waals surface area contributed by atoms with E-state index < -0.39 is 0 Å². The van der Waals surface area contributed by atoms with Gasteiger partial charge < -0.3 is 19.4 Å². The lowest BCUT2D eigenvalue weighted by atomic mass is 10.2. The van der Waals surface area contributed by atoms with Crippen LogP contribution in [0.4, 0.5) is 0 Å². The summed E-state index contributed by atoms with van der Waals surface area (Å²) in [6, 6.07) is 3.42. The predicted octanol–water partition coefficient (Wildman–Crippen LogP) is 1.40. The molecule has 2 aromatic rings. The minimum Gasteiger partial charge on any atom is -0.475 e. The van der Waals surface area contributed by atoms with Crippen LogP contribution in [0.1, 0.15) is 41.3 Å². The number of ether oxygens (including phenoxy) is 2. The van der Waals surface area contributed by atoms with Crippen LogP contribution in [-0.2, 0) is 24.1 Å². The monoisotopic (exact) mass is 359 g/mol. The third-order valence-corrected chi connectivity index (χ3v) is 4.36. The van der Waals surface area contributed by atoms with Gasteiger partial charge >= 0.3 is 0 Å². The van der Waals surface area contributed by atoms with Crippen molar-refractivity contribution in [3.8, 4) is 5.88 Å². The Balaban J connectivity index is 1.56. The van der Waals surface area contributed by atoms with E-state index in [2.05, 4.69) is 25.1 Å². The van der Waals surface area contributed by atoms with Gasteiger partial charge in [-0.05, 0) is 25.0 Å². The van der Waals surface area contributed by atoms with Gasteiger partial charge in [-0.15, -0.1) is 10.2 Å². The molecule has 1 N–H and O–H groups in total. The summed E-state index contributed by atoms with van der Waals surface area (Å²) in [7, 11) is 1.60. The molecule has 0 aliphatic carbocycles. The number of methoxy groups -OCH3 is 1. The molecule has 0 spiro atoms. The van der Waals surface area contributed by atoms with Gasteiger partial charge in [0.25, 0.3) is 5.91 Å². The van der Waals surface area contributed by atoms with Crippen LogP contribution in [0.3, 0.4) is 0 Å². The van der Waals surface area contributed by atoms with Crippen LogP contribution in [0, 0.1) is 0 Å². The van der Waals surface area contributed by atoms with E-state index in [0.717, 1.165) is 31.0 Å². The summed E-state index contributed by atoms with van der Waals surface area (Å²) < 4.78 is 12.7. The maximum atomic E-state index is 12.5. The van der Waals surface area contributed by atoms with Gasteiger partial charge in [-0.3, -0.25) is 4.79 Å². The van der Waals surface area contributed by atoms with Gasteiger partial charge in [0.2, 0.25) is 5.88 Å². The highest BCUT2D eigenvalue weighted by molar-refractivity contribution is 5.96. The molecule has 0 unspecified atom stereocenters. The number of carbonyl (C=O) groups is 1. The quantitative estimate of drug-likeness (QED) is 0.717. The van der Waals surface area contributed by atoms with E-state index in [9.17, 15) is 4.79 Å². The van der Waals surface area contributed by atoms with E-state index in [1.165, 1.54) is 12.8 Å². The number of hydrogen-bond donors (Lipinski definition) is 1. The van der Waals surface area contributed by atoms with Crippen LogP contribution in [0.25, 0.3) is 0 Å². The molecule has 140 valence electrons. The summed E-state index contributed by atoms with van der Waals surface area (Å²) in [6.45, 7) is 2.24. The van der Waals surface area contributed by atoms with E-state index in [1.807, 2.05) is 0 Å². The maximum Gasteiger partial charge on any atom is 0.256 e. The molecule has 0 radical (unpaired) electrons. The van der Waals surface area contributed by atoms with E-state index in [0.29, 0.717) is 37.6 Å². The van der Waals surface area contributed by atoms with E-state index in [-0.39, 0.29) is 5.91 Å². The second kappa shape index (κ2) is 9.28. The van der Waals surface area contributed by atoms with Crippen molar-refractivity contribution in [2.24, 2.45) is 0 Å². The third kappa shape index (κ3) is 4.57. The first-order chi connectivity index (χ1) is 12.8. The fourth-order valence-electron chi connectivity index (χ4n) is 3.01. The number of pyridine rings is 1. The summed E-state index contributed by atoms with van der Waals surface area (Å²) in [4.78, 5) is 16.6. The Morgan fingerprint density at radius 3 is 3.08 bits per heavy atom. The fourth-order valence-corrected chi connectivity index (χ4v) is 3.01. The summed E-state index contributed by atoms with van der Waals surface area (Å²) in [5, 5.41) is 11.5. The molecule has 3 heterocycles. The number of nitrogens with zero attached hydrogens (tertiary/aromatic N) is 4. The lowest BCUT2D eigenvalue weighted by Crippen LogP contribution is -2.27. The second-order valence-corrected chi connectivity index (χ2v) is 6.20. The number of hydrogen-bond acceptors (Lipinski definition) is 6. The highest BCUT2D eigenvalue weighted by atomic mass is 16.5. The van der Waals surface area contributed by atoms with Crippen LogP contribution in [-0.4, -0.2) is 52.5 Å².